The second-order valence-electron chi connectivity index (χ2n) is 13.0. The van der Waals surface area contributed by atoms with Crippen LogP contribution in [0.5, 0.6) is 0 Å². The van der Waals surface area contributed by atoms with E-state index in [4.69, 9.17) is 5.73 Å². The highest BCUT2D eigenvalue weighted by atomic mass is 35.5. The molecule has 1 aromatic carbocycles. The lowest BCUT2D eigenvalue weighted by atomic mass is 9.69. The number of aryl methyl sites for hydroxylation is 1. The number of nitrogens with two attached hydrogens (primary N) is 1. The van der Waals surface area contributed by atoms with Crippen molar-refractivity contribution in [2.75, 3.05) is 30.9 Å². The average Bonchev–Trinajstić information content (AvgIpc) is 3.39. The Morgan fingerprint density at radius 2 is 1.77 bits per heavy atom. The molecule has 1 amide bonds. The molecule has 0 aromatic heterocycles. The van der Waals surface area contributed by atoms with Crippen LogP contribution >= 0.6 is 12.4 Å². The number of benzene rings is 1. The number of fused-ring (bicyclic) bond motifs is 4. The maximum absolute atomic E-state index is 14.0. The first-order chi connectivity index (χ1) is 17.7. The smallest absolute Gasteiger partial charge is 0.237 e. The summed E-state index contributed by atoms with van der Waals surface area (Å²) in [6.45, 7) is 5.36. The number of piperidine rings is 1. The molecule has 4 aliphatic rings. The zero-order valence-corrected chi connectivity index (χ0v) is 25.8. The minimum atomic E-state index is -3.55. The molecule has 1 aliphatic heterocycles. The van der Waals surface area contributed by atoms with E-state index in [1.165, 1.54) is 11.1 Å². The zero-order valence-electron chi connectivity index (χ0n) is 23.3. The van der Waals surface area contributed by atoms with Gasteiger partial charge in [0.25, 0.3) is 0 Å². The number of nitrogens with one attached hydrogen (secondary N) is 1. The van der Waals surface area contributed by atoms with Gasteiger partial charge in [-0.1, -0.05) is 38.1 Å². The van der Waals surface area contributed by atoms with Crippen LogP contribution in [0.4, 0.5) is 0 Å². The van der Waals surface area contributed by atoms with Crippen molar-refractivity contribution in [3.05, 3.63) is 35.4 Å². The van der Waals surface area contributed by atoms with Gasteiger partial charge in [-0.15, -0.1) is 12.4 Å². The fourth-order valence-electron chi connectivity index (χ4n) is 8.27. The fourth-order valence-corrected chi connectivity index (χ4v) is 11.2. The summed E-state index contributed by atoms with van der Waals surface area (Å²) >= 11 is 0. The molecule has 11 heteroatoms. The largest absolute Gasteiger partial charge is 0.351 e. The van der Waals surface area contributed by atoms with E-state index in [2.05, 4.69) is 43.4 Å². The first-order valence-corrected chi connectivity index (χ1v) is 17.7. The lowest BCUT2D eigenvalue weighted by molar-refractivity contribution is -0.124. The summed E-state index contributed by atoms with van der Waals surface area (Å²) in [4.78, 5) is 13.0. The molecule has 0 radical (unpaired) electrons. The van der Waals surface area contributed by atoms with Crippen LogP contribution in [0, 0.1) is 16.7 Å². The highest BCUT2D eigenvalue weighted by Crippen LogP contribution is 2.66. The molecule has 1 saturated heterocycles. The molecule has 2 bridgehead atoms. The molecule has 3 fully saturated rings. The second-order valence-corrected chi connectivity index (χ2v) is 17.3. The SMILES string of the molecule is CC1(C)C2CCC1(CS(=O)(=O)N1CCC3(CCc4ccccc43)CC1)C(NC(=O)C(N)CCS(C)(=O)=O)C2.Cl. The summed E-state index contributed by atoms with van der Waals surface area (Å²) in [6.07, 6.45) is 7.45. The lowest BCUT2D eigenvalue weighted by Crippen LogP contribution is -2.57. The Hall–Kier alpha value is -1.20. The van der Waals surface area contributed by atoms with E-state index in [-0.39, 0.29) is 47.2 Å². The monoisotopic (exact) mass is 601 g/mol. The first-order valence-electron chi connectivity index (χ1n) is 14.0. The number of hydrogen-bond donors (Lipinski definition) is 2. The van der Waals surface area contributed by atoms with Gasteiger partial charge in [-0.3, -0.25) is 4.79 Å². The molecular weight excluding hydrogens is 558 g/mol. The van der Waals surface area contributed by atoms with Gasteiger partial charge in [0.2, 0.25) is 15.9 Å². The Morgan fingerprint density at radius 1 is 1.10 bits per heavy atom. The standard InChI is InChI=1S/C28H43N3O5S2.ClH/c1-26(2)21-9-12-28(26,24(18-21)30-25(32)23(29)10-17-37(3,33)34)19-38(35,36)31-15-13-27(14-16-31)11-8-20-6-4-5-7-22(20)27;/h4-7,21,23-24H,8-19,29H2,1-3H3,(H,30,32);1H. The van der Waals surface area contributed by atoms with Crippen molar-refractivity contribution in [2.24, 2.45) is 22.5 Å². The maximum Gasteiger partial charge on any atom is 0.237 e. The highest BCUT2D eigenvalue weighted by molar-refractivity contribution is 7.90. The predicted molar refractivity (Wildman–Crippen MR) is 156 cm³/mol. The number of amides is 1. The van der Waals surface area contributed by atoms with Gasteiger partial charge in [0.1, 0.15) is 9.84 Å². The number of nitrogens with zero attached hydrogens (tertiary/aromatic N) is 1. The van der Waals surface area contributed by atoms with Crippen molar-refractivity contribution < 1.29 is 21.6 Å². The van der Waals surface area contributed by atoms with Crippen LogP contribution in [-0.4, -0.2) is 70.0 Å². The number of carbonyl (C=O) groups excluding carboxylic acids is 1. The van der Waals surface area contributed by atoms with Crippen LogP contribution in [0.1, 0.15) is 69.9 Å². The Morgan fingerprint density at radius 3 is 2.41 bits per heavy atom. The normalized spacial score (nSPS) is 30.1. The molecule has 4 unspecified atom stereocenters. The molecule has 1 heterocycles. The van der Waals surface area contributed by atoms with Gasteiger partial charge < -0.3 is 11.1 Å². The molecule has 220 valence electrons. The first kappa shape index (κ1) is 30.8. The maximum atomic E-state index is 14.0. The quantitative estimate of drug-likeness (QED) is 0.472. The second kappa shape index (κ2) is 10.6. The van der Waals surface area contributed by atoms with Gasteiger partial charge in [0.05, 0.1) is 17.5 Å². The van der Waals surface area contributed by atoms with Crippen LogP contribution in [0.25, 0.3) is 0 Å². The number of halogens is 1. The molecule has 5 rings (SSSR count). The molecule has 1 spiro atoms. The minimum absolute atomic E-state index is 0. The van der Waals surface area contributed by atoms with Crippen LogP contribution < -0.4 is 11.1 Å². The summed E-state index contributed by atoms with van der Waals surface area (Å²) < 4.78 is 52.7. The highest BCUT2D eigenvalue weighted by Gasteiger charge is 2.66. The van der Waals surface area contributed by atoms with Crippen molar-refractivity contribution in [3.63, 3.8) is 0 Å². The minimum Gasteiger partial charge on any atom is -0.351 e. The Balaban J connectivity index is 0.00000353. The van der Waals surface area contributed by atoms with E-state index in [9.17, 15) is 21.6 Å². The third-order valence-electron chi connectivity index (χ3n) is 10.9. The Kier molecular flexibility index (Phi) is 8.33. The van der Waals surface area contributed by atoms with Gasteiger partial charge in [0, 0.05) is 30.8 Å². The molecule has 1 aromatic rings. The number of sulfone groups is 1. The number of sulfonamides is 1. The fraction of sp³-hybridized carbons (Fsp3) is 0.750. The Labute approximate surface area is 240 Å². The molecule has 3 N–H and O–H groups in total. The third-order valence-corrected chi connectivity index (χ3v) is 13.9. The summed E-state index contributed by atoms with van der Waals surface area (Å²) in [5.74, 6) is -0.189. The zero-order chi connectivity index (χ0) is 27.6. The number of hydrogen-bond acceptors (Lipinski definition) is 6. The van der Waals surface area contributed by atoms with E-state index >= 15 is 0 Å². The molecule has 39 heavy (non-hydrogen) atoms. The average molecular weight is 602 g/mol. The van der Waals surface area contributed by atoms with Gasteiger partial charge in [-0.2, -0.15) is 0 Å². The lowest BCUT2D eigenvalue weighted by Gasteiger charge is -2.45. The molecule has 3 aliphatic carbocycles. The van der Waals surface area contributed by atoms with Crippen molar-refractivity contribution >= 4 is 38.2 Å². The van der Waals surface area contributed by atoms with Gasteiger partial charge >= 0.3 is 0 Å². The molecular formula is C28H44ClN3O5S2. The number of rotatable bonds is 8. The van der Waals surface area contributed by atoms with Gasteiger partial charge in [-0.25, -0.2) is 21.1 Å². The molecule has 2 saturated carbocycles. The van der Waals surface area contributed by atoms with Crippen molar-refractivity contribution in [1.82, 2.24) is 9.62 Å². The van der Waals surface area contributed by atoms with E-state index in [0.717, 1.165) is 51.2 Å². The van der Waals surface area contributed by atoms with E-state index in [0.29, 0.717) is 19.0 Å². The van der Waals surface area contributed by atoms with Crippen molar-refractivity contribution in [1.29, 1.82) is 0 Å². The van der Waals surface area contributed by atoms with E-state index < -0.39 is 37.2 Å². The summed E-state index contributed by atoms with van der Waals surface area (Å²) in [6, 6.07) is 7.37. The number of carbonyl (C=O) groups is 1. The van der Waals surface area contributed by atoms with Crippen LogP contribution in [0.2, 0.25) is 0 Å². The third kappa shape index (κ3) is 5.41. The molecule has 4 atom stereocenters. The summed E-state index contributed by atoms with van der Waals surface area (Å²) in [5, 5.41) is 3.08. The topological polar surface area (TPSA) is 127 Å². The van der Waals surface area contributed by atoms with E-state index in [1.807, 2.05) is 0 Å². The van der Waals surface area contributed by atoms with Crippen LogP contribution in [-0.2, 0) is 36.5 Å². The molecule has 8 nitrogen and oxygen atoms in total. The van der Waals surface area contributed by atoms with E-state index in [1.54, 1.807) is 4.31 Å². The summed E-state index contributed by atoms with van der Waals surface area (Å²) in [5.41, 5.74) is 8.13. The van der Waals surface area contributed by atoms with Gasteiger partial charge in [0.15, 0.2) is 0 Å². The van der Waals surface area contributed by atoms with Crippen LogP contribution in [0.15, 0.2) is 24.3 Å². The van der Waals surface area contributed by atoms with Crippen molar-refractivity contribution in [3.8, 4) is 0 Å². The predicted octanol–water partition coefficient (Wildman–Crippen LogP) is 2.79. The van der Waals surface area contributed by atoms with Crippen molar-refractivity contribution in [2.45, 2.75) is 82.7 Å². The van der Waals surface area contributed by atoms with Crippen LogP contribution in [0.3, 0.4) is 0 Å². The van der Waals surface area contributed by atoms with Gasteiger partial charge in [-0.05, 0) is 79.2 Å². The Bertz CT molecular complexity index is 1310. The summed E-state index contributed by atoms with van der Waals surface area (Å²) in [7, 11) is -6.78.